The summed E-state index contributed by atoms with van der Waals surface area (Å²) < 4.78 is 5.99. The minimum atomic E-state index is -1.05. The van der Waals surface area contributed by atoms with Crippen LogP contribution in [0.1, 0.15) is 23.6 Å². The van der Waals surface area contributed by atoms with Crippen molar-refractivity contribution in [2.75, 3.05) is 7.11 Å². The van der Waals surface area contributed by atoms with Gasteiger partial charge in [0, 0.05) is 0 Å². The zero-order valence-electron chi connectivity index (χ0n) is 14.3. The first-order valence-corrected chi connectivity index (χ1v) is 8.68. The lowest BCUT2D eigenvalue weighted by Gasteiger charge is -2.24. The SMILES string of the molecule is COc1ccc(CN2C(=O)NC(C)(c3ccccc3C)C2=O)cc1Br. The van der Waals surface area contributed by atoms with Gasteiger partial charge in [-0.15, -0.1) is 0 Å². The van der Waals surface area contributed by atoms with E-state index in [1.54, 1.807) is 20.1 Å². The predicted molar refractivity (Wildman–Crippen MR) is 98.3 cm³/mol. The highest BCUT2D eigenvalue weighted by molar-refractivity contribution is 9.10. The molecule has 0 spiro atoms. The van der Waals surface area contributed by atoms with Gasteiger partial charge in [0.05, 0.1) is 18.1 Å². The van der Waals surface area contributed by atoms with Crippen LogP contribution in [-0.4, -0.2) is 23.9 Å². The summed E-state index contributed by atoms with van der Waals surface area (Å²) in [5.74, 6) is 0.449. The normalized spacial score (nSPS) is 19.9. The van der Waals surface area contributed by atoms with Crippen molar-refractivity contribution in [2.24, 2.45) is 0 Å². The lowest BCUT2D eigenvalue weighted by atomic mass is 9.88. The molecule has 0 aromatic heterocycles. The van der Waals surface area contributed by atoms with E-state index in [4.69, 9.17) is 4.74 Å². The number of halogens is 1. The van der Waals surface area contributed by atoms with E-state index in [1.807, 2.05) is 43.3 Å². The van der Waals surface area contributed by atoms with Crippen molar-refractivity contribution in [3.05, 3.63) is 63.6 Å². The molecule has 0 aliphatic carbocycles. The number of hydrogen-bond acceptors (Lipinski definition) is 3. The highest BCUT2D eigenvalue weighted by Gasteiger charge is 2.49. The summed E-state index contributed by atoms with van der Waals surface area (Å²) >= 11 is 3.43. The van der Waals surface area contributed by atoms with Gasteiger partial charge in [-0.25, -0.2) is 4.79 Å². The number of nitrogens with one attached hydrogen (secondary N) is 1. The van der Waals surface area contributed by atoms with Crippen molar-refractivity contribution >= 4 is 27.9 Å². The average Bonchev–Trinajstić information content (AvgIpc) is 2.79. The molecule has 1 unspecified atom stereocenters. The van der Waals surface area contributed by atoms with Crippen LogP contribution in [0.3, 0.4) is 0 Å². The Morgan fingerprint density at radius 3 is 2.56 bits per heavy atom. The fourth-order valence-electron chi connectivity index (χ4n) is 3.15. The van der Waals surface area contributed by atoms with Crippen LogP contribution in [0.15, 0.2) is 46.9 Å². The molecule has 1 N–H and O–H groups in total. The molecule has 1 saturated heterocycles. The molecule has 1 fully saturated rings. The number of rotatable bonds is 4. The molecule has 5 nitrogen and oxygen atoms in total. The Labute approximate surface area is 155 Å². The molecule has 1 aliphatic rings. The lowest BCUT2D eigenvalue weighted by Crippen LogP contribution is -2.41. The number of methoxy groups -OCH3 is 1. The molecule has 1 heterocycles. The van der Waals surface area contributed by atoms with E-state index in [-0.39, 0.29) is 18.5 Å². The van der Waals surface area contributed by atoms with Gasteiger partial charge in [-0.05, 0) is 58.6 Å². The van der Waals surface area contributed by atoms with Crippen LogP contribution in [-0.2, 0) is 16.9 Å². The van der Waals surface area contributed by atoms with Crippen LogP contribution in [0, 0.1) is 6.92 Å². The molecule has 1 aliphatic heterocycles. The Morgan fingerprint density at radius 2 is 1.92 bits per heavy atom. The minimum absolute atomic E-state index is 0.203. The van der Waals surface area contributed by atoms with Gasteiger partial charge in [0.25, 0.3) is 5.91 Å². The smallest absolute Gasteiger partial charge is 0.325 e. The van der Waals surface area contributed by atoms with Crippen LogP contribution in [0.4, 0.5) is 4.79 Å². The van der Waals surface area contributed by atoms with Crippen molar-refractivity contribution in [3.8, 4) is 5.75 Å². The van der Waals surface area contributed by atoms with Crippen LogP contribution in [0.2, 0.25) is 0 Å². The number of amides is 3. The van der Waals surface area contributed by atoms with Gasteiger partial charge in [0.1, 0.15) is 11.3 Å². The molecule has 3 amide bonds. The van der Waals surface area contributed by atoms with Crippen molar-refractivity contribution < 1.29 is 14.3 Å². The van der Waals surface area contributed by atoms with E-state index in [2.05, 4.69) is 21.2 Å². The number of hydrogen-bond donors (Lipinski definition) is 1. The zero-order chi connectivity index (χ0) is 18.2. The number of benzene rings is 2. The summed E-state index contributed by atoms with van der Waals surface area (Å²) in [6.45, 7) is 3.89. The van der Waals surface area contributed by atoms with Crippen molar-refractivity contribution in [1.82, 2.24) is 10.2 Å². The third-order valence-corrected chi connectivity index (χ3v) is 5.14. The van der Waals surface area contributed by atoms with Crippen molar-refractivity contribution in [2.45, 2.75) is 25.9 Å². The van der Waals surface area contributed by atoms with Crippen LogP contribution >= 0.6 is 15.9 Å². The van der Waals surface area contributed by atoms with Crippen LogP contribution in [0.5, 0.6) is 5.75 Å². The quantitative estimate of drug-likeness (QED) is 0.792. The maximum atomic E-state index is 13.0. The van der Waals surface area contributed by atoms with E-state index in [0.29, 0.717) is 5.75 Å². The van der Waals surface area contributed by atoms with Crippen molar-refractivity contribution in [1.29, 1.82) is 0 Å². The van der Waals surface area contributed by atoms with Gasteiger partial charge in [0.15, 0.2) is 0 Å². The maximum Gasteiger partial charge on any atom is 0.325 e. The number of carbonyl (C=O) groups excluding carboxylic acids is 2. The number of aryl methyl sites for hydroxylation is 1. The summed E-state index contributed by atoms with van der Waals surface area (Å²) in [5.41, 5.74) is 1.57. The first kappa shape index (κ1) is 17.5. The standard InChI is InChI=1S/C19H19BrN2O3/c1-12-6-4-5-7-14(12)19(2)17(23)22(18(24)21-19)11-13-8-9-16(25-3)15(20)10-13/h4-10H,11H2,1-3H3,(H,21,24). The molecule has 0 radical (unpaired) electrons. The van der Waals surface area contributed by atoms with Gasteiger partial charge >= 0.3 is 6.03 Å². The highest BCUT2D eigenvalue weighted by Crippen LogP contribution is 2.32. The number of imide groups is 1. The predicted octanol–water partition coefficient (Wildman–Crippen LogP) is 3.73. The zero-order valence-corrected chi connectivity index (χ0v) is 15.9. The van der Waals surface area contributed by atoms with E-state index < -0.39 is 5.54 Å². The van der Waals surface area contributed by atoms with E-state index in [1.165, 1.54) is 4.90 Å². The molecule has 0 bridgehead atoms. The summed E-state index contributed by atoms with van der Waals surface area (Å²) in [7, 11) is 1.59. The second kappa shape index (κ2) is 6.52. The second-order valence-electron chi connectivity index (χ2n) is 6.23. The molecular formula is C19H19BrN2O3. The minimum Gasteiger partial charge on any atom is -0.496 e. The molecule has 3 rings (SSSR count). The number of carbonyl (C=O) groups is 2. The van der Waals surface area contributed by atoms with Gasteiger partial charge in [0.2, 0.25) is 0 Å². The monoisotopic (exact) mass is 402 g/mol. The molecule has 130 valence electrons. The number of ether oxygens (including phenoxy) is 1. The van der Waals surface area contributed by atoms with Gasteiger partial charge < -0.3 is 10.1 Å². The summed E-state index contributed by atoms with van der Waals surface area (Å²) in [5, 5.41) is 2.85. The maximum absolute atomic E-state index is 13.0. The third-order valence-electron chi connectivity index (χ3n) is 4.52. The third kappa shape index (κ3) is 3.02. The van der Waals surface area contributed by atoms with Gasteiger partial charge in [-0.1, -0.05) is 30.3 Å². The Morgan fingerprint density at radius 1 is 1.20 bits per heavy atom. The summed E-state index contributed by atoms with van der Waals surface area (Å²) in [6.07, 6.45) is 0. The summed E-state index contributed by atoms with van der Waals surface area (Å²) in [6, 6.07) is 12.7. The second-order valence-corrected chi connectivity index (χ2v) is 7.08. The van der Waals surface area contributed by atoms with Crippen LogP contribution < -0.4 is 10.1 Å². The molecule has 1 atom stereocenters. The highest BCUT2D eigenvalue weighted by atomic mass is 79.9. The van der Waals surface area contributed by atoms with Crippen LogP contribution in [0.25, 0.3) is 0 Å². The van der Waals surface area contributed by atoms with Crippen molar-refractivity contribution in [3.63, 3.8) is 0 Å². The average molecular weight is 403 g/mol. The van der Waals surface area contributed by atoms with Gasteiger partial charge in [-0.2, -0.15) is 0 Å². The Hall–Kier alpha value is -2.34. The first-order valence-electron chi connectivity index (χ1n) is 7.89. The fraction of sp³-hybridized carbons (Fsp3) is 0.263. The molecule has 0 saturated carbocycles. The molecule has 2 aromatic carbocycles. The molecule has 6 heteroatoms. The number of nitrogens with zero attached hydrogens (tertiary/aromatic N) is 1. The summed E-state index contributed by atoms with van der Waals surface area (Å²) in [4.78, 5) is 26.7. The van der Waals surface area contributed by atoms with E-state index in [0.717, 1.165) is 21.2 Å². The molecule has 25 heavy (non-hydrogen) atoms. The Kier molecular flexibility index (Phi) is 4.56. The van der Waals surface area contributed by atoms with E-state index in [9.17, 15) is 9.59 Å². The lowest BCUT2D eigenvalue weighted by molar-refractivity contribution is -0.131. The Bertz CT molecular complexity index is 852. The fourth-order valence-corrected chi connectivity index (χ4v) is 3.74. The topological polar surface area (TPSA) is 58.6 Å². The van der Waals surface area contributed by atoms with E-state index >= 15 is 0 Å². The molecule has 2 aromatic rings. The Balaban J connectivity index is 1.89. The largest absolute Gasteiger partial charge is 0.496 e. The van der Waals surface area contributed by atoms with Gasteiger partial charge in [-0.3, -0.25) is 9.69 Å². The number of urea groups is 1. The molecular weight excluding hydrogens is 384 g/mol. The first-order chi connectivity index (χ1) is 11.9.